The average molecular weight is 272 g/mol. The van der Waals surface area contributed by atoms with E-state index in [4.69, 9.17) is 5.73 Å². The number of phenols is 1. The third-order valence-corrected chi connectivity index (χ3v) is 3.37. The molecule has 1 amide bonds. The fourth-order valence-electron chi connectivity index (χ4n) is 2.01. The zero-order valence-corrected chi connectivity index (χ0v) is 12.0. The van der Waals surface area contributed by atoms with E-state index in [1.54, 1.807) is 24.3 Å². The van der Waals surface area contributed by atoms with Gasteiger partial charge in [-0.3, -0.25) is 4.79 Å². The first kappa shape index (κ1) is 14.3. The van der Waals surface area contributed by atoms with E-state index >= 15 is 0 Å². The summed E-state index contributed by atoms with van der Waals surface area (Å²) in [7, 11) is 0. The Morgan fingerprint density at radius 1 is 1.15 bits per heavy atom. The summed E-state index contributed by atoms with van der Waals surface area (Å²) in [4.78, 5) is 12.2. The van der Waals surface area contributed by atoms with Crippen LogP contribution in [0.25, 0.3) is 10.8 Å². The van der Waals surface area contributed by atoms with E-state index in [1.165, 1.54) is 0 Å². The number of anilines is 1. The number of nitrogens with two attached hydrogens (primary N) is 1. The Morgan fingerprint density at radius 3 is 2.40 bits per heavy atom. The number of benzene rings is 2. The topological polar surface area (TPSA) is 75.4 Å². The number of nitrogens with one attached hydrogen (secondary N) is 1. The van der Waals surface area contributed by atoms with Crippen LogP contribution in [-0.2, 0) is 4.79 Å². The molecule has 0 saturated carbocycles. The summed E-state index contributed by atoms with van der Waals surface area (Å²) in [6.45, 7) is 5.77. The predicted octanol–water partition coefficient (Wildman–Crippen LogP) is 2.86. The Labute approximate surface area is 118 Å². The molecule has 4 N–H and O–H groups in total. The van der Waals surface area contributed by atoms with Crippen LogP contribution in [0.15, 0.2) is 36.4 Å². The molecule has 1 atom stereocenters. The van der Waals surface area contributed by atoms with Crippen molar-refractivity contribution in [2.45, 2.75) is 26.8 Å². The van der Waals surface area contributed by atoms with Gasteiger partial charge in [-0.1, -0.05) is 45.0 Å². The smallest absolute Gasteiger partial charge is 0.241 e. The lowest BCUT2D eigenvalue weighted by atomic mass is 9.87. The highest BCUT2D eigenvalue weighted by atomic mass is 16.3. The second kappa shape index (κ2) is 5.13. The van der Waals surface area contributed by atoms with Crippen molar-refractivity contribution in [3.8, 4) is 5.75 Å². The van der Waals surface area contributed by atoms with Gasteiger partial charge in [0.15, 0.2) is 0 Å². The van der Waals surface area contributed by atoms with Gasteiger partial charge in [-0.15, -0.1) is 0 Å². The third-order valence-electron chi connectivity index (χ3n) is 3.37. The molecule has 0 aliphatic heterocycles. The molecule has 0 spiro atoms. The minimum atomic E-state index is -0.602. The van der Waals surface area contributed by atoms with Crippen molar-refractivity contribution < 1.29 is 9.90 Å². The predicted molar refractivity (Wildman–Crippen MR) is 81.7 cm³/mol. The summed E-state index contributed by atoms with van der Waals surface area (Å²) >= 11 is 0. The van der Waals surface area contributed by atoms with Crippen molar-refractivity contribution in [2.75, 3.05) is 5.32 Å². The Bertz CT molecular complexity index is 644. The summed E-state index contributed by atoms with van der Waals surface area (Å²) < 4.78 is 0. The van der Waals surface area contributed by atoms with Gasteiger partial charge in [-0.25, -0.2) is 0 Å². The van der Waals surface area contributed by atoms with Crippen molar-refractivity contribution in [1.82, 2.24) is 0 Å². The van der Waals surface area contributed by atoms with Gasteiger partial charge in [0.05, 0.1) is 6.04 Å². The maximum atomic E-state index is 12.2. The number of carbonyl (C=O) groups is 1. The lowest BCUT2D eigenvalue weighted by molar-refractivity contribution is -0.119. The summed E-state index contributed by atoms with van der Waals surface area (Å²) in [5.41, 5.74) is 6.30. The molecule has 20 heavy (non-hydrogen) atoms. The second-order valence-electron chi connectivity index (χ2n) is 6.01. The molecule has 106 valence electrons. The van der Waals surface area contributed by atoms with E-state index in [2.05, 4.69) is 5.32 Å². The monoisotopic (exact) mass is 272 g/mol. The first-order chi connectivity index (χ1) is 9.30. The highest BCUT2D eigenvalue weighted by Gasteiger charge is 2.27. The van der Waals surface area contributed by atoms with Crippen molar-refractivity contribution in [1.29, 1.82) is 0 Å². The first-order valence-corrected chi connectivity index (χ1v) is 6.58. The second-order valence-corrected chi connectivity index (χ2v) is 6.01. The lowest BCUT2D eigenvalue weighted by Crippen LogP contribution is -2.45. The fourth-order valence-corrected chi connectivity index (χ4v) is 2.01. The van der Waals surface area contributed by atoms with E-state index in [-0.39, 0.29) is 17.1 Å². The van der Waals surface area contributed by atoms with Gasteiger partial charge in [0.25, 0.3) is 0 Å². The van der Waals surface area contributed by atoms with Gasteiger partial charge < -0.3 is 16.2 Å². The van der Waals surface area contributed by atoms with Gasteiger partial charge in [-0.2, -0.15) is 0 Å². The largest absolute Gasteiger partial charge is 0.507 e. The van der Waals surface area contributed by atoms with Crippen LogP contribution in [0.1, 0.15) is 20.8 Å². The van der Waals surface area contributed by atoms with E-state index in [9.17, 15) is 9.90 Å². The normalized spacial score (nSPS) is 13.2. The number of fused-ring (bicyclic) bond motifs is 1. The van der Waals surface area contributed by atoms with Crippen LogP contribution < -0.4 is 11.1 Å². The maximum absolute atomic E-state index is 12.2. The molecule has 4 nitrogen and oxygen atoms in total. The quantitative estimate of drug-likeness (QED) is 0.787. The number of aromatic hydroxyl groups is 1. The molecule has 2 aromatic carbocycles. The number of amides is 1. The van der Waals surface area contributed by atoms with E-state index < -0.39 is 6.04 Å². The number of hydrogen-bond acceptors (Lipinski definition) is 3. The Balaban J connectivity index is 2.36. The molecule has 4 heteroatoms. The van der Waals surface area contributed by atoms with Crippen LogP contribution in [0.2, 0.25) is 0 Å². The molecule has 2 aromatic rings. The summed E-state index contributed by atoms with van der Waals surface area (Å²) in [5.74, 6) is -0.0351. The molecule has 2 rings (SSSR count). The SMILES string of the molecule is CC(C)(C)[C@H](N)C(=O)Nc1cccc2c(O)cccc12. The van der Waals surface area contributed by atoms with Crippen molar-refractivity contribution >= 4 is 22.4 Å². The minimum absolute atomic E-state index is 0.193. The van der Waals surface area contributed by atoms with Gasteiger partial charge in [0, 0.05) is 16.5 Å². The van der Waals surface area contributed by atoms with Gasteiger partial charge >= 0.3 is 0 Å². The number of phenolic OH excluding ortho intramolecular Hbond substituents is 1. The molecule has 0 unspecified atom stereocenters. The standard InChI is InChI=1S/C16H20N2O2/c1-16(2,3)14(17)15(20)18-12-8-4-7-11-10(12)6-5-9-13(11)19/h4-9,14,19H,17H2,1-3H3,(H,18,20)/t14-/m1/s1. The Morgan fingerprint density at radius 2 is 1.75 bits per heavy atom. The van der Waals surface area contributed by atoms with Crippen LogP contribution in [0, 0.1) is 5.41 Å². The van der Waals surface area contributed by atoms with E-state index in [0.29, 0.717) is 11.1 Å². The molecule has 0 fully saturated rings. The van der Waals surface area contributed by atoms with Crippen LogP contribution >= 0.6 is 0 Å². The molecule has 0 aromatic heterocycles. The van der Waals surface area contributed by atoms with Gasteiger partial charge in [0.2, 0.25) is 5.91 Å². The summed E-state index contributed by atoms with van der Waals surface area (Å²) in [6.07, 6.45) is 0. The summed E-state index contributed by atoms with van der Waals surface area (Å²) in [6, 6.07) is 10.0. The molecule has 0 radical (unpaired) electrons. The highest BCUT2D eigenvalue weighted by Crippen LogP contribution is 2.30. The van der Waals surface area contributed by atoms with Crippen molar-refractivity contribution in [3.05, 3.63) is 36.4 Å². The van der Waals surface area contributed by atoms with Crippen LogP contribution in [0.3, 0.4) is 0 Å². The first-order valence-electron chi connectivity index (χ1n) is 6.58. The van der Waals surface area contributed by atoms with E-state index in [1.807, 2.05) is 32.9 Å². The maximum Gasteiger partial charge on any atom is 0.241 e. The molecule has 0 heterocycles. The van der Waals surface area contributed by atoms with Crippen LogP contribution in [0.5, 0.6) is 5.75 Å². The lowest BCUT2D eigenvalue weighted by Gasteiger charge is -2.26. The Kier molecular flexibility index (Phi) is 3.68. The fraction of sp³-hybridized carbons (Fsp3) is 0.312. The van der Waals surface area contributed by atoms with Crippen molar-refractivity contribution in [2.24, 2.45) is 11.1 Å². The molecular formula is C16H20N2O2. The Hall–Kier alpha value is -2.07. The molecule has 0 bridgehead atoms. The highest BCUT2D eigenvalue weighted by molar-refractivity contribution is 6.05. The minimum Gasteiger partial charge on any atom is -0.507 e. The molecule has 0 aliphatic rings. The summed E-state index contributed by atoms with van der Waals surface area (Å²) in [5, 5.41) is 14.2. The zero-order valence-electron chi connectivity index (χ0n) is 12.0. The zero-order chi connectivity index (χ0) is 14.9. The van der Waals surface area contributed by atoms with Crippen LogP contribution in [-0.4, -0.2) is 17.1 Å². The van der Waals surface area contributed by atoms with Crippen LogP contribution in [0.4, 0.5) is 5.69 Å². The average Bonchev–Trinajstić information content (AvgIpc) is 2.38. The number of hydrogen-bond donors (Lipinski definition) is 3. The molecule has 0 saturated heterocycles. The van der Waals surface area contributed by atoms with Gasteiger partial charge in [0.1, 0.15) is 5.75 Å². The van der Waals surface area contributed by atoms with Crippen molar-refractivity contribution in [3.63, 3.8) is 0 Å². The van der Waals surface area contributed by atoms with E-state index in [0.717, 1.165) is 5.39 Å². The van der Waals surface area contributed by atoms with Gasteiger partial charge in [-0.05, 0) is 17.5 Å². The molecule has 0 aliphatic carbocycles. The third kappa shape index (κ3) is 2.75. The number of rotatable bonds is 2. The number of carbonyl (C=O) groups excluding carboxylic acids is 1. The molecular weight excluding hydrogens is 252 g/mol.